The second-order valence-corrected chi connectivity index (χ2v) is 7.75. The molecule has 3 rings (SSSR count). The van der Waals surface area contributed by atoms with Crippen LogP contribution in [0.15, 0.2) is 40.7 Å². The molecule has 0 fully saturated rings. The molecule has 1 aromatic carbocycles. The molecule has 0 bridgehead atoms. The molecule has 1 aliphatic heterocycles. The van der Waals surface area contributed by atoms with Crippen LogP contribution in [-0.4, -0.2) is 42.9 Å². The van der Waals surface area contributed by atoms with Crippen LogP contribution in [0.1, 0.15) is 29.3 Å². The number of fused-ring (bicyclic) bond motifs is 1. The molecule has 2 N–H and O–H groups in total. The van der Waals surface area contributed by atoms with Gasteiger partial charge in [-0.15, -0.1) is 35.3 Å². The number of nitrogens with one attached hydrogen (secondary N) is 2. The van der Waals surface area contributed by atoms with Gasteiger partial charge in [-0.2, -0.15) is 0 Å². The van der Waals surface area contributed by atoms with Gasteiger partial charge in [0.2, 0.25) is 5.91 Å². The lowest BCUT2D eigenvalue weighted by Crippen LogP contribution is -2.39. The van der Waals surface area contributed by atoms with Gasteiger partial charge in [-0.05, 0) is 54.5 Å². The molecule has 1 aromatic heterocycles. The molecule has 8 heteroatoms. The monoisotopic (exact) mass is 530 g/mol. The van der Waals surface area contributed by atoms with Crippen LogP contribution in [0.25, 0.3) is 0 Å². The summed E-state index contributed by atoms with van der Waals surface area (Å²) in [5.41, 5.74) is 2.35. The van der Waals surface area contributed by atoms with Gasteiger partial charge in [-0.1, -0.05) is 12.1 Å². The highest BCUT2D eigenvalue weighted by Crippen LogP contribution is 2.24. The van der Waals surface area contributed by atoms with Crippen molar-refractivity contribution in [2.45, 2.75) is 32.7 Å². The van der Waals surface area contributed by atoms with Crippen LogP contribution in [0, 0.1) is 5.82 Å². The fraction of sp³-hybridized carbons (Fsp3) is 0.429. The van der Waals surface area contributed by atoms with Crippen molar-refractivity contribution >= 4 is 47.2 Å². The second kappa shape index (κ2) is 12.1. The minimum Gasteiger partial charge on any atom is -0.357 e. The van der Waals surface area contributed by atoms with Crippen LogP contribution >= 0.6 is 35.3 Å². The molecule has 0 unspecified atom stereocenters. The van der Waals surface area contributed by atoms with Crippen molar-refractivity contribution < 1.29 is 9.18 Å². The summed E-state index contributed by atoms with van der Waals surface area (Å²) in [6.45, 7) is 5.43. The van der Waals surface area contributed by atoms with Gasteiger partial charge in [0.25, 0.3) is 0 Å². The summed E-state index contributed by atoms with van der Waals surface area (Å²) < 4.78 is 13.0. The first-order valence-electron chi connectivity index (χ1n) is 9.75. The van der Waals surface area contributed by atoms with E-state index in [-0.39, 0.29) is 35.7 Å². The Kier molecular flexibility index (Phi) is 9.86. The highest BCUT2D eigenvalue weighted by Gasteiger charge is 2.20. The number of guanidine groups is 1. The van der Waals surface area contributed by atoms with E-state index in [1.807, 2.05) is 11.8 Å². The van der Waals surface area contributed by atoms with Crippen LogP contribution in [0.2, 0.25) is 0 Å². The van der Waals surface area contributed by atoms with Crippen LogP contribution in [0.3, 0.4) is 0 Å². The van der Waals surface area contributed by atoms with E-state index in [0.717, 1.165) is 38.0 Å². The third kappa shape index (κ3) is 7.26. The number of nitrogens with zero attached hydrogens (tertiary/aromatic N) is 2. The van der Waals surface area contributed by atoms with Crippen molar-refractivity contribution in [2.75, 3.05) is 26.2 Å². The minimum absolute atomic E-state index is 0. The smallest absolute Gasteiger partial charge is 0.224 e. The first-order valence-corrected chi connectivity index (χ1v) is 10.6. The molecular formula is C21H28FIN4OS. The van der Waals surface area contributed by atoms with Crippen molar-refractivity contribution in [3.05, 3.63) is 57.5 Å². The number of thiophene rings is 1. The number of hydrogen-bond donors (Lipinski definition) is 2. The first-order chi connectivity index (χ1) is 13.7. The molecule has 29 heavy (non-hydrogen) atoms. The molecule has 0 radical (unpaired) electrons. The van der Waals surface area contributed by atoms with Crippen molar-refractivity contribution in [2.24, 2.45) is 4.99 Å². The Morgan fingerprint density at radius 1 is 1.24 bits per heavy atom. The molecular weight excluding hydrogens is 502 g/mol. The highest BCUT2D eigenvalue weighted by atomic mass is 127. The van der Waals surface area contributed by atoms with E-state index in [9.17, 15) is 9.18 Å². The zero-order valence-corrected chi connectivity index (χ0v) is 19.8. The molecule has 0 atom stereocenters. The van der Waals surface area contributed by atoms with Gasteiger partial charge in [0.1, 0.15) is 5.82 Å². The predicted octanol–water partition coefficient (Wildman–Crippen LogP) is 3.58. The maximum absolute atomic E-state index is 13.0. The van der Waals surface area contributed by atoms with Gasteiger partial charge in [0, 0.05) is 37.5 Å². The summed E-state index contributed by atoms with van der Waals surface area (Å²) >= 11 is 1.78. The zero-order chi connectivity index (χ0) is 19.8. The van der Waals surface area contributed by atoms with E-state index < -0.39 is 0 Å². The number of aliphatic imine (C=N–C) groups is 1. The Morgan fingerprint density at radius 2 is 2.03 bits per heavy atom. The van der Waals surface area contributed by atoms with E-state index in [1.54, 1.807) is 23.5 Å². The van der Waals surface area contributed by atoms with E-state index in [1.165, 1.54) is 22.6 Å². The fourth-order valence-corrected chi connectivity index (χ4v) is 4.09. The largest absolute Gasteiger partial charge is 0.357 e. The molecule has 0 spiro atoms. The van der Waals surface area contributed by atoms with E-state index in [2.05, 4.69) is 27.1 Å². The highest BCUT2D eigenvalue weighted by molar-refractivity contribution is 14.0. The molecule has 1 aliphatic rings. The Labute approximate surface area is 192 Å². The van der Waals surface area contributed by atoms with Gasteiger partial charge in [0.15, 0.2) is 5.96 Å². The number of hydrogen-bond acceptors (Lipinski definition) is 3. The topological polar surface area (TPSA) is 56.7 Å². The van der Waals surface area contributed by atoms with Gasteiger partial charge in [-0.25, -0.2) is 4.39 Å². The molecule has 5 nitrogen and oxygen atoms in total. The average Bonchev–Trinajstić information content (AvgIpc) is 3.17. The summed E-state index contributed by atoms with van der Waals surface area (Å²) in [5.74, 6) is 0.638. The maximum atomic E-state index is 13.0. The predicted molar refractivity (Wildman–Crippen MR) is 128 cm³/mol. The number of benzene rings is 1. The number of halogens is 2. The Hall–Kier alpha value is -1.68. The quantitative estimate of drug-likeness (QED) is 0.327. The third-order valence-electron chi connectivity index (χ3n) is 4.72. The van der Waals surface area contributed by atoms with Crippen molar-refractivity contribution in [1.82, 2.24) is 15.5 Å². The van der Waals surface area contributed by atoms with Crippen molar-refractivity contribution in [1.29, 1.82) is 0 Å². The van der Waals surface area contributed by atoms with Gasteiger partial charge >= 0.3 is 0 Å². The summed E-state index contributed by atoms with van der Waals surface area (Å²) in [6.07, 6.45) is 2.14. The number of carbonyl (C=O) groups excluding carboxylic acids is 1. The fourth-order valence-electron chi connectivity index (χ4n) is 3.20. The van der Waals surface area contributed by atoms with Crippen LogP contribution in [0.5, 0.6) is 0 Å². The normalized spacial score (nSPS) is 13.4. The van der Waals surface area contributed by atoms with E-state index in [0.29, 0.717) is 25.5 Å². The summed E-state index contributed by atoms with van der Waals surface area (Å²) in [7, 11) is 0. The molecule has 2 aromatic rings. The lowest BCUT2D eigenvalue weighted by Gasteiger charge is -2.26. The molecule has 0 saturated carbocycles. The average molecular weight is 530 g/mol. The lowest BCUT2D eigenvalue weighted by molar-refractivity contribution is -0.131. The van der Waals surface area contributed by atoms with Gasteiger partial charge in [0.05, 0.1) is 6.54 Å². The Bertz CT molecular complexity index is 809. The number of rotatable bonds is 7. The van der Waals surface area contributed by atoms with Crippen molar-refractivity contribution in [3.63, 3.8) is 0 Å². The standard InChI is InChI=1S/C21H27FN4OS.HI/c1-2-23-21(24-11-7-16-3-5-18(22)6-4-16)25-12-8-20(27)26-13-9-19-17(15-26)10-14-28-19;/h3-6,10,14H,2,7-9,11-13,15H2,1H3,(H2,23,24,25);1H. The molecule has 0 aliphatic carbocycles. The SMILES string of the molecule is CCNC(=NCCC(=O)N1CCc2sccc2C1)NCCc1ccc(F)cc1.I. The number of amides is 1. The lowest BCUT2D eigenvalue weighted by atomic mass is 10.1. The second-order valence-electron chi connectivity index (χ2n) is 6.75. The van der Waals surface area contributed by atoms with Crippen LogP contribution in [-0.2, 0) is 24.2 Å². The van der Waals surface area contributed by atoms with E-state index >= 15 is 0 Å². The minimum atomic E-state index is -0.222. The summed E-state index contributed by atoms with van der Waals surface area (Å²) in [6, 6.07) is 8.64. The number of carbonyl (C=O) groups is 1. The summed E-state index contributed by atoms with van der Waals surface area (Å²) in [5, 5.41) is 8.56. The molecule has 1 amide bonds. The third-order valence-corrected chi connectivity index (χ3v) is 5.74. The van der Waals surface area contributed by atoms with Crippen LogP contribution < -0.4 is 10.6 Å². The zero-order valence-electron chi connectivity index (χ0n) is 16.6. The molecule has 2 heterocycles. The van der Waals surface area contributed by atoms with Gasteiger partial charge < -0.3 is 15.5 Å². The molecule has 0 saturated heterocycles. The Morgan fingerprint density at radius 3 is 2.79 bits per heavy atom. The maximum Gasteiger partial charge on any atom is 0.224 e. The molecule has 158 valence electrons. The first kappa shape index (κ1) is 23.6. The summed E-state index contributed by atoms with van der Waals surface area (Å²) in [4.78, 5) is 20.3. The van der Waals surface area contributed by atoms with E-state index in [4.69, 9.17) is 0 Å². The van der Waals surface area contributed by atoms with Crippen molar-refractivity contribution in [3.8, 4) is 0 Å². The van der Waals surface area contributed by atoms with Gasteiger partial charge in [-0.3, -0.25) is 9.79 Å². The van der Waals surface area contributed by atoms with Crippen LogP contribution in [0.4, 0.5) is 4.39 Å². The Balaban J connectivity index is 0.00000300.